The lowest BCUT2D eigenvalue weighted by molar-refractivity contribution is 0.0704. The van der Waals surface area contributed by atoms with E-state index in [4.69, 9.17) is 16.0 Å². The van der Waals surface area contributed by atoms with Gasteiger partial charge in [-0.2, -0.15) is 0 Å². The maximum atomic E-state index is 13.1. The van der Waals surface area contributed by atoms with E-state index in [1.54, 1.807) is 0 Å². The summed E-state index contributed by atoms with van der Waals surface area (Å²) in [6.45, 7) is 8.89. The fraction of sp³-hybridized carbons (Fsp3) is 0.500. The van der Waals surface area contributed by atoms with Crippen molar-refractivity contribution in [2.45, 2.75) is 39.7 Å². The maximum Gasteiger partial charge on any atom is 0.289 e. The van der Waals surface area contributed by atoms with Crippen LogP contribution in [0.25, 0.3) is 0 Å². The number of carbonyl (C=O) groups excluding carboxylic acids is 1. The van der Waals surface area contributed by atoms with Crippen LogP contribution in [0.3, 0.4) is 0 Å². The molecule has 2 aliphatic rings. The molecule has 1 fully saturated rings. The van der Waals surface area contributed by atoms with Gasteiger partial charge >= 0.3 is 0 Å². The van der Waals surface area contributed by atoms with Gasteiger partial charge in [0, 0.05) is 54.4 Å². The Hall–Kier alpha value is -1.98. The molecule has 1 aliphatic heterocycles. The Morgan fingerprint density at radius 3 is 2.64 bits per heavy atom. The van der Waals surface area contributed by atoms with Crippen LogP contribution in [-0.4, -0.2) is 42.1 Å². The summed E-state index contributed by atoms with van der Waals surface area (Å²) in [4.78, 5) is 17.2. The number of halogens is 1. The number of aliphatic hydroxyl groups excluding tert-OH is 1. The van der Waals surface area contributed by atoms with Gasteiger partial charge in [-0.25, -0.2) is 0 Å². The first-order chi connectivity index (χ1) is 13.2. The van der Waals surface area contributed by atoms with Crippen LogP contribution in [0.2, 0.25) is 5.02 Å². The summed E-state index contributed by atoms with van der Waals surface area (Å²) in [5, 5.41) is 11.3. The molecule has 1 aliphatic carbocycles. The van der Waals surface area contributed by atoms with E-state index in [9.17, 15) is 9.90 Å². The third-order valence-corrected chi connectivity index (χ3v) is 6.16. The molecule has 1 atom stereocenters. The van der Waals surface area contributed by atoms with Gasteiger partial charge in [-0.1, -0.05) is 31.5 Å². The molecule has 6 heteroatoms. The Bertz CT molecular complexity index is 897. The zero-order valence-corrected chi connectivity index (χ0v) is 17.4. The highest BCUT2D eigenvalue weighted by Gasteiger charge is 2.38. The molecule has 0 radical (unpaired) electrons. The normalized spacial score (nSPS) is 21.5. The number of carbonyl (C=O) groups is 1. The Kier molecular flexibility index (Phi) is 4.92. The highest BCUT2D eigenvalue weighted by Crippen LogP contribution is 2.44. The van der Waals surface area contributed by atoms with Crippen molar-refractivity contribution in [3.63, 3.8) is 0 Å². The summed E-state index contributed by atoms with van der Waals surface area (Å²) in [6, 6.07) is 7.80. The Morgan fingerprint density at radius 1 is 1.25 bits per heavy atom. The predicted octanol–water partition coefficient (Wildman–Crippen LogP) is 4.21. The zero-order valence-electron chi connectivity index (χ0n) is 16.7. The van der Waals surface area contributed by atoms with Gasteiger partial charge in [0.2, 0.25) is 0 Å². The van der Waals surface area contributed by atoms with Gasteiger partial charge in [-0.15, -0.1) is 0 Å². The standard InChI is InChI=1S/C22H27ClN2O3/c1-14-19-17(26)12-22(2,3)13-18(19)28-20(14)21(27)25-9-7-24(8-10-25)16-6-4-5-15(23)11-16/h4-6,11,17,26H,7-10,12-13H2,1-3H3. The van der Waals surface area contributed by atoms with Crippen LogP contribution >= 0.6 is 11.6 Å². The van der Waals surface area contributed by atoms with E-state index in [2.05, 4.69) is 18.7 Å². The van der Waals surface area contributed by atoms with Crippen molar-refractivity contribution in [3.8, 4) is 0 Å². The molecule has 1 aromatic carbocycles. The number of aliphatic hydroxyl groups is 1. The lowest BCUT2D eigenvalue weighted by Gasteiger charge is -2.35. The van der Waals surface area contributed by atoms with E-state index in [-0.39, 0.29) is 11.3 Å². The Balaban J connectivity index is 1.49. The first kappa shape index (κ1) is 19.3. The van der Waals surface area contributed by atoms with Crippen LogP contribution in [-0.2, 0) is 6.42 Å². The SMILES string of the molecule is Cc1c(C(=O)N2CCN(c3cccc(Cl)c3)CC2)oc2c1C(O)CC(C)(C)C2. The van der Waals surface area contributed by atoms with Gasteiger partial charge in [0.15, 0.2) is 5.76 Å². The summed E-state index contributed by atoms with van der Waals surface area (Å²) in [5.74, 6) is 1.07. The molecule has 2 aromatic rings. The molecule has 2 heterocycles. The third kappa shape index (κ3) is 3.53. The average Bonchev–Trinajstić information content (AvgIpc) is 2.96. The molecule has 0 saturated carbocycles. The molecular weight excluding hydrogens is 376 g/mol. The minimum atomic E-state index is -0.566. The molecular formula is C22H27ClN2O3. The van der Waals surface area contributed by atoms with Crippen molar-refractivity contribution in [2.75, 3.05) is 31.1 Å². The molecule has 28 heavy (non-hydrogen) atoms. The van der Waals surface area contributed by atoms with Crippen molar-refractivity contribution in [1.82, 2.24) is 4.90 Å². The van der Waals surface area contributed by atoms with E-state index in [1.165, 1.54) is 0 Å². The number of furan rings is 1. The van der Waals surface area contributed by atoms with Crippen LogP contribution in [0.4, 0.5) is 5.69 Å². The van der Waals surface area contributed by atoms with E-state index >= 15 is 0 Å². The first-order valence-electron chi connectivity index (χ1n) is 9.85. The number of nitrogens with zero attached hydrogens (tertiary/aromatic N) is 2. The lowest BCUT2D eigenvalue weighted by atomic mass is 9.75. The van der Waals surface area contributed by atoms with Crippen LogP contribution < -0.4 is 4.90 Å². The predicted molar refractivity (Wildman–Crippen MR) is 110 cm³/mol. The first-order valence-corrected chi connectivity index (χ1v) is 10.2. The van der Waals surface area contributed by atoms with Crippen LogP contribution in [0.1, 0.15) is 53.8 Å². The van der Waals surface area contributed by atoms with Gasteiger partial charge in [0.25, 0.3) is 5.91 Å². The monoisotopic (exact) mass is 402 g/mol. The van der Waals surface area contributed by atoms with Crippen molar-refractivity contribution < 1.29 is 14.3 Å². The second-order valence-corrected chi connectivity index (χ2v) is 9.15. The summed E-state index contributed by atoms with van der Waals surface area (Å²) < 4.78 is 6.00. The van der Waals surface area contributed by atoms with Gasteiger partial charge in [0.05, 0.1) is 6.10 Å². The molecule has 1 saturated heterocycles. The van der Waals surface area contributed by atoms with Gasteiger partial charge in [0.1, 0.15) is 5.76 Å². The number of rotatable bonds is 2. The lowest BCUT2D eigenvalue weighted by Crippen LogP contribution is -2.48. The van der Waals surface area contributed by atoms with Crippen molar-refractivity contribution in [1.29, 1.82) is 0 Å². The molecule has 0 bridgehead atoms. The Labute approximate surface area is 170 Å². The number of hydrogen-bond acceptors (Lipinski definition) is 4. The number of hydrogen-bond donors (Lipinski definition) is 1. The molecule has 1 aromatic heterocycles. The van der Waals surface area contributed by atoms with E-state index in [0.717, 1.165) is 42.1 Å². The second-order valence-electron chi connectivity index (χ2n) is 8.71. The van der Waals surface area contributed by atoms with Gasteiger partial charge in [-0.3, -0.25) is 4.79 Å². The van der Waals surface area contributed by atoms with Crippen LogP contribution in [0.5, 0.6) is 0 Å². The van der Waals surface area contributed by atoms with Crippen molar-refractivity contribution in [3.05, 3.63) is 51.9 Å². The molecule has 1 amide bonds. The van der Waals surface area contributed by atoms with E-state index in [0.29, 0.717) is 30.3 Å². The number of piperazine rings is 1. The van der Waals surface area contributed by atoms with E-state index in [1.807, 2.05) is 36.1 Å². The second kappa shape index (κ2) is 7.12. The molecule has 150 valence electrons. The molecule has 4 rings (SSSR count). The topological polar surface area (TPSA) is 56.9 Å². The van der Waals surface area contributed by atoms with Gasteiger partial charge in [-0.05, 0) is 37.0 Å². The number of anilines is 1. The number of amides is 1. The highest BCUT2D eigenvalue weighted by atomic mass is 35.5. The zero-order chi connectivity index (χ0) is 20.1. The quantitative estimate of drug-likeness (QED) is 0.817. The number of fused-ring (bicyclic) bond motifs is 1. The number of benzene rings is 1. The Morgan fingerprint density at radius 2 is 1.96 bits per heavy atom. The van der Waals surface area contributed by atoms with Crippen LogP contribution in [0.15, 0.2) is 28.7 Å². The minimum Gasteiger partial charge on any atom is -0.455 e. The van der Waals surface area contributed by atoms with Gasteiger partial charge < -0.3 is 19.3 Å². The maximum absolute atomic E-state index is 13.1. The smallest absolute Gasteiger partial charge is 0.289 e. The summed E-state index contributed by atoms with van der Waals surface area (Å²) >= 11 is 6.10. The van der Waals surface area contributed by atoms with Crippen molar-refractivity contribution >= 4 is 23.2 Å². The third-order valence-electron chi connectivity index (χ3n) is 5.92. The summed E-state index contributed by atoms with van der Waals surface area (Å²) in [7, 11) is 0. The van der Waals surface area contributed by atoms with Crippen LogP contribution in [0, 0.1) is 12.3 Å². The fourth-order valence-electron chi connectivity index (χ4n) is 4.47. The van der Waals surface area contributed by atoms with Crippen molar-refractivity contribution in [2.24, 2.45) is 5.41 Å². The van der Waals surface area contributed by atoms with E-state index < -0.39 is 6.10 Å². The highest BCUT2D eigenvalue weighted by molar-refractivity contribution is 6.30. The largest absolute Gasteiger partial charge is 0.455 e. The average molecular weight is 403 g/mol. The molecule has 1 unspecified atom stereocenters. The molecule has 1 N–H and O–H groups in total. The molecule has 0 spiro atoms. The minimum absolute atomic E-state index is 0.0282. The summed E-state index contributed by atoms with van der Waals surface area (Å²) in [6.07, 6.45) is 0.867. The fourth-order valence-corrected chi connectivity index (χ4v) is 4.66. The molecule has 5 nitrogen and oxygen atoms in total. The summed E-state index contributed by atoms with van der Waals surface area (Å²) in [5.41, 5.74) is 2.66.